The number of hydrogen-bond donors (Lipinski definition) is 2. The van der Waals surface area contributed by atoms with Gasteiger partial charge in [-0.2, -0.15) is 0 Å². The van der Waals surface area contributed by atoms with Crippen LogP contribution in [0.4, 0.5) is 5.82 Å². The molecule has 1 fully saturated rings. The van der Waals surface area contributed by atoms with Crippen molar-refractivity contribution < 1.29 is 0 Å². The minimum atomic E-state index is 0.281. The third-order valence-corrected chi connectivity index (χ3v) is 3.98. The van der Waals surface area contributed by atoms with Crippen molar-refractivity contribution in [2.45, 2.75) is 38.6 Å². The number of aromatic nitrogens is 2. The summed E-state index contributed by atoms with van der Waals surface area (Å²) in [4.78, 5) is 11.3. The van der Waals surface area contributed by atoms with Gasteiger partial charge in [-0.15, -0.1) is 0 Å². The minimum absolute atomic E-state index is 0.281. The molecule has 3 N–H and O–H groups in total. The Labute approximate surface area is 126 Å². The number of rotatable bonds is 6. The second kappa shape index (κ2) is 7.50. The van der Waals surface area contributed by atoms with E-state index in [0.717, 1.165) is 31.4 Å². The van der Waals surface area contributed by atoms with Gasteiger partial charge in [0.25, 0.3) is 0 Å². The van der Waals surface area contributed by atoms with E-state index in [1.807, 2.05) is 0 Å². The molecular weight excluding hydrogens is 270 g/mol. The first-order valence-corrected chi connectivity index (χ1v) is 7.67. The highest BCUT2D eigenvalue weighted by molar-refractivity contribution is 7.80. The topological polar surface area (TPSA) is 67.1 Å². The lowest BCUT2D eigenvalue weighted by Crippen LogP contribution is -2.38. The molecule has 6 heteroatoms. The second-order valence-corrected chi connectivity index (χ2v) is 5.75. The fraction of sp³-hybridized carbons (Fsp3) is 0.643. The number of thiocarbonyl (C=S) groups is 1. The van der Waals surface area contributed by atoms with Crippen molar-refractivity contribution in [3.05, 3.63) is 18.1 Å². The monoisotopic (exact) mass is 293 g/mol. The lowest BCUT2D eigenvalue weighted by Gasteiger charge is -2.33. The maximum Gasteiger partial charge on any atom is 0.144 e. The Hall–Kier alpha value is -1.27. The molecule has 1 unspecified atom stereocenters. The Bertz CT molecular complexity index is 434. The van der Waals surface area contributed by atoms with Gasteiger partial charge >= 0.3 is 0 Å². The smallest absolute Gasteiger partial charge is 0.144 e. The summed E-state index contributed by atoms with van der Waals surface area (Å²) in [5.41, 5.74) is 6.05. The number of nitrogens with zero attached hydrogens (tertiary/aromatic N) is 3. The molecule has 1 aromatic heterocycles. The number of hydrogen-bond acceptors (Lipinski definition) is 5. The average Bonchev–Trinajstić information content (AvgIpc) is 2.46. The van der Waals surface area contributed by atoms with Crippen molar-refractivity contribution in [3.8, 4) is 0 Å². The molecular formula is C14H23N5S. The summed E-state index contributed by atoms with van der Waals surface area (Å²) < 4.78 is 0. The van der Waals surface area contributed by atoms with E-state index in [9.17, 15) is 0 Å². The summed E-state index contributed by atoms with van der Waals surface area (Å²) in [6.45, 7) is 5.62. The summed E-state index contributed by atoms with van der Waals surface area (Å²) >= 11 is 4.84. The molecule has 0 saturated carbocycles. The van der Waals surface area contributed by atoms with Gasteiger partial charge in [0.1, 0.15) is 16.5 Å². The normalized spacial score (nSPS) is 19.8. The standard InChI is InChI=1S/C14H23N5S/c1-11-5-2-3-7-19(11)8-4-6-16-13-10-17-12(9-18-13)14(15)20/h9-11H,2-8H2,1H3,(H2,15,20)(H,16,18). The van der Waals surface area contributed by atoms with Crippen LogP contribution in [0, 0.1) is 0 Å². The average molecular weight is 293 g/mol. The third-order valence-electron chi connectivity index (χ3n) is 3.77. The molecule has 2 rings (SSSR count). The molecule has 1 aromatic rings. The number of likely N-dealkylation sites (tertiary alicyclic amines) is 1. The number of anilines is 1. The van der Waals surface area contributed by atoms with Crippen molar-refractivity contribution in [2.24, 2.45) is 5.73 Å². The van der Waals surface area contributed by atoms with E-state index < -0.39 is 0 Å². The highest BCUT2D eigenvalue weighted by Crippen LogP contribution is 2.16. The highest BCUT2D eigenvalue weighted by atomic mass is 32.1. The number of nitrogens with two attached hydrogens (primary N) is 1. The van der Waals surface area contributed by atoms with Gasteiger partial charge < -0.3 is 16.0 Å². The SMILES string of the molecule is CC1CCCCN1CCCNc1cnc(C(N)=S)cn1. The van der Waals surface area contributed by atoms with Gasteiger partial charge in [0, 0.05) is 19.1 Å². The Morgan fingerprint density at radius 3 is 2.95 bits per heavy atom. The summed E-state index contributed by atoms with van der Waals surface area (Å²) in [5, 5.41) is 3.28. The van der Waals surface area contributed by atoms with Gasteiger partial charge in [0.05, 0.1) is 12.4 Å². The molecule has 0 radical (unpaired) electrons. The van der Waals surface area contributed by atoms with Crippen molar-refractivity contribution in [3.63, 3.8) is 0 Å². The molecule has 0 spiro atoms. The van der Waals surface area contributed by atoms with Crippen LogP contribution in [0.2, 0.25) is 0 Å². The first-order valence-electron chi connectivity index (χ1n) is 7.26. The van der Waals surface area contributed by atoms with Crippen molar-refractivity contribution in [1.29, 1.82) is 0 Å². The zero-order valence-corrected chi connectivity index (χ0v) is 12.8. The van der Waals surface area contributed by atoms with Crippen LogP contribution in [0.1, 0.15) is 38.3 Å². The number of nitrogens with one attached hydrogen (secondary N) is 1. The van der Waals surface area contributed by atoms with Crippen LogP contribution in [0.5, 0.6) is 0 Å². The summed E-state index contributed by atoms with van der Waals surface area (Å²) in [7, 11) is 0. The maximum atomic E-state index is 5.48. The molecule has 0 amide bonds. The van der Waals surface area contributed by atoms with Crippen molar-refractivity contribution in [1.82, 2.24) is 14.9 Å². The first-order chi connectivity index (χ1) is 9.66. The minimum Gasteiger partial charge on any atom is -0.388 e. The summed E-state index contributed by atoms with van der Waals surface area (Å²) in [5.74, 6) is 0.775. The highest BCUT2D eigenvalue weighted by Gasteiger charge is 2.16. The molecule has 0 aromatic carbocycles. The molecule has 20 heavy (non-hydrogen) atoms. The predicted molar refractivity (Wildman–Crippen MR) is 85.9 cm³/mol. The second-order valence-electron chi connectivity index (χ2n) is 5.31. The van der Waals surface area contributed by atoms with Gasteiger partial charge in [0.15, 0.2) is 0 Å². The third kappa shape index (κ3) is 4.38. The van der Waals surface area contributed by atoms with E-state index in [0.29, 0.717) is 5.69 Å². The van der Waals surface area contributed by atoms with Crippen LogP contribution in [-0.4, -0.2) is 45.5 Å². The van der Waals surface area contributed by atoms with Gasteiger partial charge in [-0.25, -0.2) is 9.97 Å². The van der Waals surface area contributed by atoms with E-state index in [1.54, 1.807) is 12.4 Å². The van der Waals surface area contributed by atoms with Crippen LogP contribution in [0.15, 0.2) is 12.4 Å². The number of piperidine rings is 1. The lowest BCUT2D eigenvalue weighted by molar-refractivity contribution is 0.160. The van der Waals surface area contributed by atoms with E-state index in [-0.39, 0.29) is 4.99 Å². The van der Waals surface area contributed by atoms with Gasteiger partial charge in [0.2, 0.25) is 0 Å². The largest absolute Gasteiger partial charge is 0.388 e. The van der Waals surface area contributed by atoms with E-state index in [2.05, 4.69) is 27.1 Å². The zero-order valence-electron chi connectivity index (χ0n) is 12.0. The van der Waals surface area contributed by atoms with Gasteiger partial charge in [-0.3, -0.25) is 0 Å². The molecule has 2 heterocycles. The molecule has 0 bridgehead atoms. The molecule has 1 aliphatic rings. The van der Waals surface area contributed by atoms with Crippen LogP contribution >= 0.6 is 12.2 Å². The molecule has 110 valence electrons. The Morgan fingerprint density at radius 1 is 1.45 bits per heavy atom. The van der Waals surface area contributed by atoms with Crippen LogP contribution in [-0.2, 0) is 0 Å². The zero-order chi connectivity index (χ0) is 14.4. The van der Waals surface area contributed by atoms with Gasteiger partial charge in [-0.05, 0) is 32.7 Å². The van der Waals surface area contributed by atoms with Crippen LogP contribution in [0.25, 0.3) is 0 Å². The molecule has 1 saturated heterocycles. The molecule has 0 aliphatic carbocycles. The fourth-order valence-corrected chi connectivity index (χ4v) is 2.64. The summed E-state index contributed by atoms with van der Waals surface area (Å²) in [6, 6.07) is 0.730. The Morgan fingerprint density at radius 2 is 2.30 bits per heavy atom. The molecule has 1 aliphatic heterocycles. The first kappa shape index (κ1) is 15.1. The van der Waals surface area contributed by atoms with Crippen molar-refractivity contribution in [2.75, 3.05) is 25.0 Å². The van der Waals surface area contributed by atoms with E-state index in [4.69, 9.17) is 18.0 Å². The quantitative estimate of drug-likeness (QED) is 0.616. The van der Waals surface area contributed by atoms with E-state index in [1.165, 1.54) is 25.8 Å². The molecule has 5 nitrogen and oxygen atoms in total. The van der Waals surface area contributed by atoms with Gasteiger partial charge in [-0.1, -0.05) is 18.6 Å². The maximum absolute atomic E-state index is 5.48. The van der Waals surface area contributed by atoms with Crippen molar-refractivity contribution >= 4 is 23.0 Å². The van der Waals surface area contributed by atoms with Crippen LogP contribution in [0.3, 0.4) is 0 Å². The summed E-state index contributed by atoms with van der Waals surface area (Å²) in [6.07, 6.45) is 8.45. The van der Waals surface area contributed by atoms with Crippen LogP contribution < -0.4 is 11.1 Å². The lowest BCUT2D eigenvalue weighted by atomic mass is 10.0. The Kier molecular flexibility index (Phi) is 5.67. The van der Waals surface area contributed by atoms with E-state index >= 15 is 0 Å². The fourth-order valence-electron chi connectivity index (χ4n) is 2.53. The Balaban J connectivity index is 1.69. The predicted octanol–water partition coefficient (Wildman–Crippen LogP) is 1.79. The molecule has 1 atom stereocenters.